The summed E-state index contributed by atoms with van der Waals surface area (Å²) in [5, 5.41) is 12.2. The fourth-order valence-corrected chi connectivity index (χ4v) is 7.41. The second-order valence-corrected chi connectivity index (χ2v) is 13.6. The fourth-order valence-electron chi connectivity index (χ4n) is 5.64. The third-order valence-corrected chi connectivity index (χ3v) is 9.98. The summed E-state index contributed by atoms with van der Waals surface area (Å²) in [6.45, 7) is 2.88. The van der Waals surface area contributed by atoms with Gasteiger partial charge in [-0.3, -0.25) is 9.59 Å². The molecule has 2 saturated heterocycles. The first-order chi connectivity index (χ1) is 21.1. The molecule has 11 heteroatoms. The molecule has 4 amide bonds. The number of hydrogen-bond acceptors (Lipinski definition) is 7. The number of amides is 4. The summed E-state index contributed by atoms with van der Waals surface area (Å²) in [7, 11) is 0. The van der Waals surface area contributed by atoms with Crippen molar-refractivity contribution in [2.75, 3.05) is 51.0 Å². The summed E-state index contributed by atoms with van der Waals surface area (Å²) in [6, 6.07) is 0.430. The number of carbonyl (C=O) groups is 3. The Morgan fingerprint density at radius 3 is 1.72 bits per heavy atom. The van der Waals surface area contributed by atoms with Crippen LogP contribution in [0.5, 0.6) is 0 Å². The van der Waals surface area contributed by atoms with Crippen LogP contribution in [0.2, 0.25) is 0 Å². The first-order valence-corrected chi connectivity index (χ1v) is 18.8. The number of fused-ring (bicyclic) bond motifs is 1. The Balaban J connectivity index is 1.23. The van der Waals surface area contributed by atoms with E-state index in [2.05, 4.69) is 33.9 Å². The molecule has 0 radical (unpaired) electrons. The SMILES string of the molecule is O=C(CCCCCCCCCCCCCCCS)NCCOCCOCCNC(=O)CCCCC1SCC2NC(=O)NC21. The van der Waals surface area contributed by atoms with E-state index in [1.165, 1.54) is 70.6 Å². The zero-order valence-electron chi connectivity index (χ0n) is 26.5. The van der Waals surface area contributed by atoms with Gasteiger partial charge in [-0.1, -0.05) is 77.0 Å². The highest BCUT2D eigenvalue weighted by Gasteiger charge is 2.42. The minimum Gasteiger partial charge on any atom is -0.377 e. The molecule has 0 spiro atoms. The largest absolute Gasteiger partial charge is 0.377 e. The Bertz CT molecular complexity index is 749. The van der Waals surface area contributed by atoms with Crippen molar-refractivity contribution in [3.05, 3.63) is 0 Å². The van der Waals surface area contributed by atoms with Crippen LogP contribution in [0.15, 0.2) is 0 Å². The van der Waals surface area contributed by atoms with Gasteiger partial charge in [0.1, 0.15) is 0 Å². The highest BCUT2D eigenvalue weighted by atomic mass is 32.2. The Labute approximate surface area is 270 Å². The van der Waals surface area contributed by atoms with E-state index in [0.29, 0.717) is 57.6 Å². The highest BCUT2D eigenvalue weighted by molar-refractivity contribution is 8.00. The van der Waals surface area contributed by atoms with Gasteiger partial charge in [-0.2, -0.15) is 24.4 Å². The van der Waals surface area contributed by atoms with Crippen LogP contribution in [-0.4, -0.2) is 86.2 Å². The molecule has 2 rings (SSSR count). The molecule has 0 aromatic heterocycles. The predicted octanol–water partition coefficient (Wildman–Crippen LogP) is 5.37. The highest BCUT2D eigenvalue weighted by Crippen LogP contribution is 2.33. The number of urea groups is 1. The van der Waals surface area contributed by atoms with Gasteiger partial charge >= 0.3 is 6.03 Å². The summed E-state index contributed by atoms with van der Waals surface area (Å²) in [4.78, 5) is 35.4. The number of hydrogen-bond donors (Lipinski definition) is 5. The third kappa shape index (κ3) is 19.8. The first kappa shape index (κ1) is 38.0. The molecule has 0 saturated carbocycles. The molecule has 2 fully saturated rings. The Morgan fingerprint density at radius 1 is 0.698 bits per heavy atom. The van der Waals surface area contributed by atoms with Gasteiger partial charge < -0.3 is 30.7 Å². The van der Waals surface area contributed by atoms with Gasteiger partial charge in [0.05, 0.1) is 38.5 Å². The van der Waals surface area contributed by atoms with Gasteiger partial charge in [0.15, 0.2) is 0 Å². The van der Waals surface area contributed by atoms with Crippen molar-refractivity contribution in [1.29, 1.82) is 0 Å². The minimum absolute atomic E-state index is 0.0516. The van der Waals surface area contributed by atoms with Crippen LogP contribution < -0.4 is 21.3 Å². The minimum atomic E-state index is -0.0540. The van der Waals surface area contributed by atoms with Crippen LogP contribution in [-0.2, 0) is 19.1 Å². The van der Waals surface area contributed by atoms with E-state index in [1.807, 2.05) is 11.8 Å². The molecule has 0 bridgehead atoms. The van der Waals surface area contributed by atoms with Crippen LogP contribution in [0.3, 0.4) is 0 Å². The molecule has 4 N–H and O–H groups in total. The maximum absolute atomic E-state index is 12.0. The topological polar surface area (TPSA) is 118 Å². The zero-order chi connectivity index (χ0) is 30.8. The second kappa shape index (κ2) is 26.1. The van der Waals surface area contributed by atoms with Gasteiger partial charge in [0, 0.05) is 36.9 Å². The zero-order valence-corrected chi connectivity index (χ0v) is 28.2. The van der Waals surface area contributed by atoms with Gasteiger partial charge in [0.25, 0.3) is 0 Å². The van der Waals surface area contributed by atoms with Crippen LogP contribution in [0, 0.1) is 0 Å². The van der Waals surface area contributed by atoms with Crippen LogP contribution in [0.4, 0.5) is 4.79 Å². The number of ether oxygens (including phenoxy) is 2. The van der Waals surface area contributed by atoms with E-state index in [-0.39, 0.29) is 29.9 Å². The number of thiol groups is 1. The molecule has 0 aromatic rings. The van der Waals surface area contributed by atoms with Crippen LogP contribution >= 0.6 is 24.4 Å². The number of unbranched alkanes of at least 4 members (excludes halogenated alkanes) is 13. The Morgan fingerprint density at radius 2 is 1.19 bits per heavy atom. The lowest BCUT2D eigenvalue weighted by Gasteiger charge is -2.16. The van der Waals surface area contributed by atoms with Gasteiger partial charge in [-0.05, 0) is 31.4 Å². The molecule has 3 atom stereocenters. The molecule has 43 heavy (non-hydrogen) atoms. The molecule has 250 valence electrons. The van der Waals surface area contributed by atoms with Crippen LogP contribution in [0.1, 0.15) is 116 Å². The van der Waals surface area contributed by atoms with E-state index < -0.39 is 0 Å². The number of rotatable bonds is 29. The summed E-state index contributed by atoms with van der Waals surface area (Å²) >= 11 is 6.17. The Kier molecular flexibility index (Phi) is 23.1. The molecule has 0 aliphatic carbocycles. The smallest absolute Gasteiger partial charge is 0.315 e. The van der Waals surface area contributed by atoms with Crippen molar-refractivity contribution in [2.24, 2.45) is 0 Å². The average molecular weight is 645 g/mol. The van der Waals surface area contributed by atoms with Crippen molar-refractivity contribution in [2.45, 2.75) is 133 Å². The molecule has 2 heterocycles. The summed E-state index contributed by atoms with van der Waals surface area (Å²) in [5.41, 5.74) is 0. The molecule has 2 aliphatic heterocycles. The van der Waals surface area contributed by atoms with E-state index in [0.717, 1.165) is 43.6 Å². The molecule has 9 nitrogen and oxygen atoms in total. The number of nitrogens with one attached hydrogen (secondary N) is 4. The summed E-state index contributed by atoms with van der Waals surface area (Å²) in [6.07, 6.45) is 20.7. The van der Waals surface area contributed by atoms with Crippen molar-refractivity contribution >= 4 is 42.2 Å². The second-order valence-electron chi connectivity index (χ2n) is 11.9. The lowest BCUT2D eigenvalue weighted by atomic mass is 10.0. The van der Waals surface area contributed by atoms with E-state index in [1.54, 1.807) is 0 Å². The Hall–Kier alpha value is -1.17. The standard InChI is InChI=1S/C32H60N4O5S2/c37-29(17-12-10-8-6-4-2-1-3-5-7-9-11-15-25-42)33-19-21-40-23-24-41-22-20-34-30(38)18-14-13-16-28-31-27(26-43-28)35-32(39)36-31/h27-28,31,42H,1-26H2,(H,33,37)(H,34,38)(H2,35,36,39). The lowest BCUT2D eigenvalue weighted by Crippen LogP contribution is -2.36. The van der Waals surface area contributed by atoms with Gasteiger partial charge in [-0.15, -0.1) is 0 Å². The molecular formula is C32H60N4O5S2. The third-order valence-electron chi connectivity index (χ3n) is 8.15. The average Bonchev–Trinajstić information content (AvgIpc) is 3.55. The fraction of sp³-hybridized carbons (Fsp3) is 0.906. The summed E-state index contributed by atoms with van der Waals surface area (Å²) in [5.74, 6) is 2.15. The first-order valence-electron chi connectivity index (χ1n) is 17.1. The normalized spacial score (nSPS) is 19.2. The quantitative estimate of drug-likeness (QED) is 0.0425. The lowest BCUT2D eigenvalue weighted by molar-refractivity contribution is -0.122. The maximum Gasteiger partial charge on any atom is 0.315 e. The van der Waals surface area contributed by atoms with Gasteiger partial charge in [-0.25, -0.2) is 4.79 Å². The van der Waals surface area contributed by atoms with E-state index >= 15 is 0 Å². The molecular weight excluding hydrogens is 585 g/mol. The van der Waals surface area contributed by atoms with Crippen molar-refractivity contribution in [1.82, 2.24) is 21.3 Å². The van der Waals surface area contributed by atoms with Crippen LogP contribution in [0.25, 0.3) is 0 Å². The maximum atomic E-state index is 12.0. The number of thioether (sulfide) groups is 1. The van der Waals surface area contributed by atoms with E-state index in [4.69, 9.17) is 9.47 Å². The predicted molar refractivity (Wildman–Crippen MR) is 180 cm³/mol. The summed E-state index contributed by atoms with van der Waals surface area (Å²) < 4.78 is 11.0. The number of carbonyl (C=O) groups excluding carboxylic acids is 3. The molecule has 0 aromatic carbocycles. The molecule has 3 unspecified atom stereocenters. The monoisotopic (exact) mass is 644 g/mol. The van der Waals surface area contributed by atoms with Crippen molar-refractivity contribution < 1.29 is 23.9 Å². The van der Waals surface area contributed by atoms with Crippen molar-refractivity contribution in [3.8, 4) is 0 Å². The van der Waals surface area contributed by atoms with E-state index in [9.17, 15) is 14.4 Å². The van der Waals surface area contributed by atoms with Gasteiger partial charge in [0.2, 0.25) is 11.8 Å². The van der Waals surface area contributed by atoms with Crippen molar-refractivity contribution in [3.63, 3.8) is 0 Å². The molecule has 2 aliphatic rings.